The predicted molar refractivity (Wildman–Crippen MR) is 56.6 cm³/mol. The molecule has 0 saturated heterocycles. The van der Waals surface area contributed by atoms with Crippen molar-refractivity contribution in [2.24, 2.45) is 0 Å². The Balaban J connectivity index is 2.41. The van der Waals surface area contributed by atoms with Crippen LogP contribution in [0, 0.1) is 11.6 Å². The van der Waals surface area contributed by atoms with Gasteiger partial charge >= 0.3 is 0 Å². The highest BCUT2D eigenvalue weighted by Crippen LogP contribution is 2.07. The summed E-state index contributed by atoms with van der Waals surface area (Å²) in [6, 6.07) is 2.60. The molecule has 17 heavy (non-hydrogen) atoms. The van der Waals surface area contributed by atoms with Crippen molar-refractivity contribution in [3.05, 3.63) is 35.4 Å². The summed E-state index contributed by atoms with van der Waals surface area (Å²) >= 11 is 0. The number of carbonyl (C=O) groups is 1. The van der Waals surface area contributed by atoms with Crippen LogP contribution in [-0.2, 0) is 4.74 Å². The summed E-state index contributed by atoms with van der Waals surface area (Å²) in [6.45, 7) is 0.522. The van der Waals surface area contributed by atoms with Crippen LogP contribution < -0.4 is 5.32 Å². The van der Waals surface area contributed by atoms with Crippen LogP contribution in [0.3, 0.4) is 0 Å². The maximum absolute atomic E-state index is 12.8. The summed E-state index contributed by atoms with van der Waals surface area (Å²) in [5, 5.41) is 10.9. The van der Waals surface area contributed by atoms with E-state index in [1.165, 1.54) is 0 Å². The zero-order chi connectivity index (χ0) is 12.7. The topological polar surface area (TPSA) is 58.6 Å². The van der Waals surface area contributed by atoms with Crippen molar-refractivity contribution in [2.75, 3.05) is 26.4 Å². The summed E-state index contributed by atoms with van der Waals surface area (Å²) in [5.74, 6) is -2.17. The number of amides is 1. The third-order valence-corrected chi connectivity index (χ3v) is 1.89. The monoisotopic (exact) mass is 245 g/mol. The molecule has 0 saturated carbocycles. The van der Waals surface area contributed by atoms with Crippen LogP contribution in [-0.4, -0.2) is 37.4 Å². The first kappa shape index (κ1) is 13.5. The van der Waals surface area contributed by atoms with E-state index in [-0.39, 0.29) is 31.9 Å². The number of hydrogen-bond donors (Lipinski definition) is 2. The lowest BCUT2D eigenvalue weighted by atomic mass is 10.2. The van der Waals surface area contributed by atoms with E-state index >= 15 is 0 Å². The first-order chi connectivity index (χ1) is 8.13. The van der Waals surface area contributed by atoms with E-state index in [4.69, 9.17) is 9.84 Å². The Morgan fingerprint density at radius 1 is 1.24 bits per heavy atom. The first-order valence-corrected chi connectivity index (χ1v) is 5.06. The van der Waals surface area contributed by atoms with Crippen LogP contribution in [0.4, 0.5) is 8.78 Å². The van der Waals surface area contributed by atoms with E-state index in [1.54, 1.807) is 0 Å². The van der Waals surface area contributed by atoms with Gasteiger partial charge in [-0.05, 0) is 12.1 Å². The molecule has 0 aliphatic carbocycles. The molecule has 94 valence electrons. The van der Waals surface area contributed by atoms with Crippen LogP contribution >= 0.6 is 0 Å². The molecule has 0 aliphatic rings. The van der Waals surface area contributed by atoms with Crippen molar-refractivity contribution in [3.8, 4) is 0 Å². The van der Waals surface area contributed by atoms with E-state index in [9.17, 15) is 13.6 Å². The molecule has 1 aromatic carbocycles. The van der Waals surface area contributed by atoms with E-state index in [0.29, 0.717) is 6.07 Å². The largest absolute Gasteiger partial charge is 0.394 e. The van der Waals surface area contributed by atoms with Crippen LogP contribution in [0.5, 0.6) is 0 Å². The fourth-order valence-corrected chi connectivity index (χ4v) is 1.19. The van der Waals surface area contributed by atoms with Gasteiger partial charge in [0, 0.05) is 18.2 Å². The van der Waals surface area contributed by atoms with Crippen LogP contribution in [0.25, 0.3) is 0 Å². The summed E-state index contributed by atoms with van der Waals surface area (Å²) < 4.78 is 30.5. The van der Waals surface area contributed by atoms with Gasteiger partial charge in [-0.3, -0.25) is 4.79 Å². The first-order valence-electron chi connectivity index (χ1n) is 5.06. The van der Waals surface area contributed by atoms with E-state index < -0.39 is 17.5 Å². The minimum atomic E-state index is -0.799. The molecule has 0 aliphatic heterocycles. The molecule has 0 unspecified atom stereocenters. The number of halogens is 2. The molecular formula is C11H13F2NO3. The predicted octanol–water partition coefficient (Wildman–Crippen LogP) is 0.704. The third kappa shape index (κ3) is 4.88. The van der Waals surface area contributed by atoms with Gasteiger partial charge in [0.25, 0.3) is 5.91 Å². The molecule has 0 fully saturated rings. The Morgan fingerprint density at radius 3 is 2.47 bits per heavy atom. The molecule has 0 heterocycles. The second-order valence-electron chi connectivity index (χ2n) is 3.25. The molecule has 6 heteroatoms. The van der Waals surface area contributed by atoms with Gasteiger partial charge in [-0.2, -0.15) is 0 Å². The van der Waals surface area contributed by atoms with Crippen molar-refractivity contribution >= 4 is 5.91 Å². The standard InChI is InChI=1S/C11H13F2NO3/c12-9-5-8(6-10(13)7-9)11(16)14-1-3-17-4-2-15/h5-7,15H,1-4H2,(H,14,16). The Hall–Kier alpha value is -1.53. The highest BCUT2D eigenvalue weighted by atomic mass is 19.1. The van der Waals surface area contributed by atoms with Crippen molar-refractivity contribution < 1.29 is 23.4 Å². The zero-order valence-corrected chi connectivity index (χ0v) is 9.08. The fraction of sp³-hybridized carbons (Fsp3) is 0.364. The van der Waals surface area contributed by atoms with Gasteiger partial charge in [-0.25, -0.2) is 8.78 Å². The molecule has 1 aromatic rings. The number of nitrogens with one attached hydrogen (secondary N) is 1. The third-order valence-electron chi connectivity index (χ3n) is 1.89. The van der Waals surface area contributed by atoms with E-state index in [1.807, 2.05) is 0 Å². The smallest absolute Gasteiger partial charge is 0.251 e. The maximum atomic E-state index is 12.8. The molecule has 1 amide bonds. The average molecular weight is 245 g/mol. The highest BCUT2D eigenvalue weighted by molar-refractivity contribution is 5.94. The molecular weight excluding hydrogens is 232 g/mol. The fourth-order valence-electron chi connectivity index (χ4n) is 1.19. The molecule has 0 aromatic heterocycles. The number of carbonyl (C=O) groups excluding carboxylic acids is 1. The second-order valence-corrected chi connectivity index (χ2v) is 3.25. The maximum Gasteiger partial charge on any atom is 0.251 e. The number of hydrogen-bond acceptors (Lipinski definition) is 3. The Morgan fingerprint density at radius 2 is 1.88 bits per heavy atom. The van der Waals surface area contributed by atoms with Gasteiger partial charge in [-0.15, -0.1) is 0 Å². The Kier molecular flexibility index (Phi) is 5.51. The highest BCUT2D eigenvalue weighted by Gasteiger charge is 2.08. The molecule has 1 rings (SSSR count). The normalized spacial score (nSPS) is 10.3. The van der Waals surface area contributed by atoms with Crippen molar-refractivity contribution in [2.45, 2.75) is 0 Å². The lowest BCUT2D eigenvalue weighted by molar-refractivity contribution is 0.0837. The van der Waals surface area contributed by atoms with Gasteiger partial charge in [0.15, 0.2) is 0 Å². The van der Waals surface area contributed by atoms with Crippen molar-refractivity contribution in [3.63, 3.8) is 0 Å². The van der Waals surface area contributed by atoms with Gasteiger partial charge < -0.3 is 15.2 Å². The lowest BCUT2D eigenvalue weighted by Gasteiger charge is -2.05. The van der Waals surface area contributed by atoms with Crippen LogP contribution in [0.1, 0.15) is 10.4 Å². The summed E-state index contributed by atoms with van der Waals surface area (Å²) in [7, 11) is 0. The lowest BCUT2D eigenvalue weighted by Crippen LogP contribution is -2.27. The summed E-state index contributed by atoms with van der Waals surface area (Å²) in [4.78, 5) is 11.4. The Bertz CT molecular complexity index is 365. The van der Waals surface area contributed by atoms with Crippen LogP contribution in [0.2, 0.25) is 0 Å². The van der Waals surface area contributed by atoms with Crippen LogP contribution in [0.15, 0.2) is 18.2 Å². The summed E-state index contributed by atoms with van der Waals surface area (Å²) in [6.07, 6.45) is 0. The van der Waals surface area contributed by atoms with Gasteiger partial charge in [0.2, 0.25) is 0 Å². The molecule has 0 atom stereocenters. The molecule has 0 spiro atoms. The Labute approximate surface area is 97.2 Å². The van der Waals surface area contributed by atoms with E-state index in [0.717, 1.165) is 12.1 Å². The molecule has 0 bridgehead atoms. The number of aliphatic hydroxyl groups is 1. The quantitative estimate of drug-likeness (QED) is 0.725. The van der Waals surface area contributed by atoms with Gasteiger partial charge in [0.05, 0.1) is 19.8 Å². The van der Waals surface area contributed by atoms with Gasteiger partial charge in [0.1, 0.15) is 11.6 Å². The minimum Gasteiger partial charge on any atom is -0.394 e. The molecule has 4 nitrogen and oxygen atoms in total. The molecule has 0 radical (unpaired) electrons. The second kappa shape index (κ2) is 6.93. The van der Waals surface area contributed by atoms with Crippen molar-refractivity contribution in [1.82, 2.24) is 5.32 Å². The minimum absolute atomic E-state index is 0.0790. The van der Waals surface area contributed by atoms with Crippen molar-refractivity contribution in [1.29, 1.82) is 0 Å². The number of rotatable bonds is 6. The summed E-state index contributed by atoms with van der Waals surface area (Å²) in [5.41, 5.74) is -0.0790. The van der Waals surface area contributed by atoms with Gasteiger partial charge in [-0.1, -0.05) is 0 Å². The SMILES string of the molecule is O=C(NCCOCCO)c1cc(F)cc(F)c1. The molecule has 2 N–H and O–H groups in total. The number of aliphatic hydroxyl groups excluding tert-OH is 1. The average Bonchev–Trinajstić information content (AvgIpc) is 2.27. The number of ether oxygens (including phenoxy) is 1. The van der Waals surface area contributed by atoms with E-state index in [2.05, 4.69) is 5.32 Å². The number of benzene rings is 1. The zero-order valence-electron chi connectivity index (χ0n) is 9.08.